The third-order valence-corrected chi connectivity index (χ3v) is 5.41. The zero-order valence-electron chi connectivity index (χ0n) is 15.3. The fourth-order valence-corrected chi connectivity index (χ4v) is 3.74. The van der Waals surface area contributed by atoms with Crippen molar-refractivity contribution < 1.29 is 4.79 Å². The second-order valence-electron chi connectivity index (χ2n) is 7.60. The highest BCUT2D eigenvalue weighted by Gasteiger charge is 2.24. The molecule has 0 radical (unpaired) electrons. The summed E-state index contributed by atoms with van der Waals surface area (Å²) in [7, 11) is 0. The Morgan fingerprint density at radius 2 is 1.93 bits per heavy atom. The van der Waals surface area contributed by atoms with Crippen LogP contribution >= 0.6 is 0 Å². The van der Waals surface area contributed by atoms with Gasteiger partial charge in [-0.1, -0.05) is 12.1 Å². The first-order valence-corrected chi connectivity index (χ1v) is 9.71. The number of rotatable bonds is 5. The Morgan fingerprint density at radius 3 is 2.74 bits per heavy atom. The molecule has 1 saturated heterocycles. The quantitative estimate of drug-likeness (QED) is 0.756. The number of benzene rings is 1. The van der Waals surface area contributed by atoms with E-state index in [1.807, 2.05) is 18.5 Å². The molecule has 0 bridgehead atoms. The van der Waals surface area contributed by atoms with E-state index in [9.17, 15) is 4.79 Å². The lowest BCUT2D eigenvalue weighted by atomic mass is 10.1. The number of hydrogen-bond acceptors (Lipinski definition) is 4. The fourth-order valence-electron chi connectivity index (χ4n) is 3.74. The van der Waals surface area contributed by atoms with Crippen LogP contribution in [0.4, 0.5) is 5.82 Å². The summed E-state index contributed by atoms with van der Waals surface area (Å²) in [6.45, 7) is 2.47. The minimum atomic E-state index is 0.00520. The third kappa shape index (κ3) is 3.57. The number of carbonyl (C=O) groups is 1. The monoisotopic (exact) mass is 361 g/mol. The molecule has 27 heavy (non-hydrogen) atoms. The molecule has 1 amide bonds. The second-order valence-corrected chi connectivity index (χ2v) is 7.60. The van der Waals surface area contributed by atoms with Crippen molar-refractivity contribution in [2.75, 3.05) is 25.0 Å². The first-order valence-electron chi connectivity index (χ1n) is 9.71. The van der Waals surface area contributed by atoms with Crippen LogP contribution in [-0.4, -0.2) is 45.2 Å². The molecule has 0 spiro atoms. The Labute approximate surface area is 158 Å². The summed E-state index contributed by atoms with van der Waals surface area (Å²) >= 11 is 0. The van der Waals surface area contributed by atoms with E-state index < -0.39 is 0 Å². The van der Waals surface area contributed by atoms with Crippen molar-refractivity contribution in [3.8, 4) is 11.1 Å². The molecule has 0 atom stereocenters. The number of aromatic nitrogens is 3. The number of carbonyl (C=O) groups excluding carboxylic acids is 1. The zero-order valence-corrected chi connectivity index (χ0v) is 15.3. The van der Waals surface area contributed by atoms with Gasteiger partial charge in [0.2, 0.25) is 5.91 Å². The molecule has 1 saturated carbocycles. The Bertz CT molecular complexity index is 985. The zero-order chi connectivity index (χ0) is 18.2. The van der Waals surface area contributed by atoms with E-state index in [2.05, 4.69) is 49.4 Å². The lowest BCUT2D eigenvalue weighted by Crippen LogP contribution is -2.31. The molecule has 138 valence electrons. The second kappa shape index (κ2) is 6.78. The standard InChI is InChI=1S/C21H23N5O/c27-21(14-25-7-1-2-8-25)24-20-10-17-9-15(3-4-16(17)11-22-20)18-12-23-26(13-18)19-5-6-19/h3-4,9-13,19H,1-2,5-8,14H2,(H,22,24,27). The summed E-state index contributed by atoms with van der Waals surface area (Å²) in [4.78, 5) is 18.8. The average molecular weight is 361 g/mol. The van der Waals surface area contributed by atoms with E-state index in [1.165, 1.54) is 25.7 Å². The maximum Gasteiger partial charge on any atom is 0.239 e. The molecular weight excluding hydrogens is 338 g/mol. The molecule has 3 aromatic rings. The number of pyridine rings is 1. The van der Waals surface area contributed by atoms with Crippen LogP contribution in [0.15, 0.2) is 42.9 Å². The maximum absolute atomic E-state index is 12.3. The highest BCUT2D eigenvalue weighted by atomic mass is 16.2. The largest absolute Gasteiger partial charge is 0.310 e. The number of nitrogens with one attached hydrogen (secondary N) is 1. The van der Waals surface area contributed by atoms with Gasteiger partial charge in [-0.3, -0.25) is 14.4 Å². The minimum absolute atomic E-state index is 0.00520. The summed E-state index contributed by atoms with van der Waals surface area (Å²) in [6, 6.07) is 8.85. The van der Waals surface area contributed by atoms with Crippen molar-refractivity contribution >= 4 is 22.5 Å². The molecule has 6 heteroatoms. The van der Waals surface area contributed by atoms with E-state index in [-0.39, 0.29) is 5.91 Å². The highest BCUT2D eigenvalue weighted by Crippen LogP contribution is 2.35. The van der Waals surface area contributed by atoms with Crippen molar-refractivity contribution in [3.63, 3.8) is 0 Å². The number of anilines is 1. The van der Waals surface area contributed by atoms with Crippen LogP contribution in [0.3, 0.4) is 0 Å². The molecule has 1 aliphatic carbocycles. The van der Waals surface area contributed by atoms with Gasteiger partial charge in [0.15, 0.2) is 0 Å². The number of likely N-dealkylation sites (tertiary alicyclic amines) is 1. The molecule has 1 aromatic carbocycles. The molecule has 2 aliphatic rings. The molecule has 5 rings (SSSR count). The van der Waals surface area contributed by atoms with E-state index in [0.29, 0.717) is 18.4 Å². The SMILES string of the molecule is O=C(CN1CCCC1)Nc1cc2cc(-c3cnn(C4CC4)c3)ccc2cn1. The third-order valence-electron chi connectivity index (χ3n) is 5.41. The van der Waals surface area contributed by atoms with Crippen LogP contribution in [0.5, 0.6) is 0 Å². The molecular formula is C21H23N5O. The maximum atomic E-state index is 12.3. The fraction of sp³-hybridized carbons (Fsp3) is 0.381. The lowest BCUT2D eigenvalue weighted by Gasteiger charge is -2.14. The normalized spacial score (nSPS) is 17.5. The van der Waals surface area contributed by atoms with Gasteiger partial charge in [0.1, 0.15) is 5.82 Å². The highest BCUT2D eigenvalue weighted by molar-refractivity contribution is 5.94. The molecule has 1 N–H and O–H groups in total. The number of hydrogen-bond donors (Lipinski definition) is 1. The van der Waals surface area contributed by atoms with Crippen molar-refractivity contribution in [2.24, 2.45) is 0 Å². The van der Waals surface area contributed by atoms with E-state index in [0.717, 1.165) is 35.0 Å². The Balaban J connectivity index is 1.35. The van der Waals surface area contributed by atoms with Gasteiger partial charge in [0.05, 0.1) is 18.8 Å². The number of amides is 1. The predicted octanol–water partition coefficient (Wildman–Crippen LogP) is 3.47. The summed E-state index contributed by atoms with van der Waals surface area (Å²) < 4.78 is 2.07. The van der Waals surface area contributed by atoms with Crippen molar-refractivity contribution in [2.45, 2.75) is 31.7 Å². The van der Waals surface area contributed by atoms with Gasteiger partial charge in [0.25, 0.3) is 0 Å². The van der Waals surface area contributed by atoms with Crippen LogP contribution in [0, 0.1) is 0 Å². The van der Waals surface area contributed by atoms with Crippen LogP contribution < -0.4 is 5.32 Å². The summed E-state index contributed by atoms with van der Waals surface area (Å²) in [5, 5.41) is 9.55. The van der Waals surface area contributed by atoms with E-state index in [1.54, 1.807) is 0 Å². The molecule has 6 nitrogen and oxygen atoms in total. The molecule has 0 unspecified atom stereocenters. The first-order chi connectivity index (χ1) is 13.2. The van der Waals surface area contributed by atoms with Gasteiger partial charge < -0.3 is 5.32 Å². The summed E-state index contributed by atoms with van der Waals surface area (Å²) in [5.41, 5.74) is 2.26. The van der Waals surface area contributed by atoms with Gasteiger partial charge in [0, 0.05) is 23.3 Å². The number of fused-ring (bicyclic) bond motifs is 1. The van der Waals surface area contributed by atoms with Crippen LogP contribution in [-0.2, 0) is 4.79 Å². The van der Waals surface area contributed by atoms with Crippen molar-refractivity contribution in [1.82, 2.24) is 19.7 Å². The Kier molecular flexibility index (Phi) is 4.13. The van der Waals surface area contributed by atoms with Crippen molar-refractivity contribution in [3.05, 3.63) is 42.9 Å². The average Bonchev–Trinajstić information content (AvgIpc) is 3.18. The van der Waals surface area contributed by atoms with Gasteiger partial charge in [-0.05, 0) is 61.9 Å². The first kappa shape index (κ1) is 16.4. The molecule has 1 aliphatic heterocycles. The molecule has 3 heterocycles. The summed E-state index contributed by atoms with van der Waals surface area (Å²) in [6.07, 6.45) is 10.7. The van der Waals surface area contributed by atoms with Gasteiger partial charge in [-0.2, -0.15) is 5.10 Å². The smallest absolute Gasteiger partial charge is 0.239 e. The Morgan fingerprint density at radius 1 is 1.07 bits per heavy atom. The molecule has 2 aromatic heterocycles. The van der Waals surface area contributed by atoms with Crippen LogP contribution in [0.25, 0.3) is 21.9 Å². The number of nitrogens with zero attached hydrogens (tertiary/aromatic N) is 4. The minimum Gasteiger partial charge on any atom is -0.310 e. The van der Waals surface area contributed by atoms with Gasteiger partial charge >= 0.3 is 0 Å². The van der Waals surface area contributed by atoms with Gasteiger partial charge in [-0.25, -0.2) is 4.98 Å². The Hall–Kier alpha value is -2.73. The molecule has 2 fully saturated rings. The van der Waals surface area contributed by atoms with Crippen LogP contribution in [0.2, 0.25) is 0 Å². The lowest BCUT2D eigenvalue weighted by molar-refractivity contribution is -0.117. The van der Waals surface area contributed by atoms with Crippen LogP contribution in [0.1, 0.15) is 31.7 Å². The summed E-state index contributed by atoms with van der Waals surface area (Å²) in [5.74, 6) is 0.614. The predicted molar refractivity (Wildman–Crippen MR) is 106 cm³/mol. The topological polar surface area (TPSA) is 63.1 Å². The van der Waals surface area contributed by atoms with Crippen molar-refractivity contribution in [1.29, 1.82) is 0 Å². The van der Waals surface area contributed by atoms with Gasteiger partial charge in [-0.15, -0.1) is 0 Å². The van der Waals surface area contributed by atoms with E-state index >= 15 is 0 Å². The van der Waals surface area contributed by atoms with E-state index in [4.69, 9.17) is 0 Å².